The van der Waals surface area contributed by atoms with E-state index in [0.29, 0.717) is 18.3 Å². The molecule has 2 N–H and O–H groups in total. The third-order valence-electron chi connectivity index (χ3n) is 4.19. The fraction of sp³-hybridized carbons (Fsp3) is 0.786. The van der Waals surface area contributed by atoms with Gasteiger partial charge in [0, 0.05) is 6.54 Å². The molecule has 1 aromatic rings. The zero-order chi connectivity index (χ0) is 14.5. The normalized spacial score (nSPS) is 22.8. The van der Waals surface area contributed by atoms with Gasteiger partial charge in [-0.2, -0.15) is 0 Å². The van der Waals surface area contributed by atoms with E-state index in [0.717, 1.165) is 18.8 Å². The molecule has 0 atom stereocenters. The summed E-state index contributed by atoms with van der Waals surface area (Å²) in [6, 6.07) is 0.312. The number of carbonyl (C=O) groups excluding carboxylic acids is 1. The number of hydrogen-bond acceptors (Lipinski definition) is 5. The van der Waals surface area contributed by atoms with Gasteiger partial charge in [-0.05, 0) is 38.5 Å². The van der Waals surface area contributed by atoms with Crippen molar-refractivity contribution in [1.29, 1.82) is 0 Å². The van der Waals surface area contributed by atoms with Crippen LogP contribution in [0.3, 0.4) is 0 Å². The Kier molecular flexibility index (Phi) is 5.11. The monoisotopic (exact) mass is 280 g/mol. The van der Waals surface area contributed by atoms with Crippen molar-refractivity contribution in [1.82, 2.24) is 15.0 Å². The van der Waals surface area contributed by atoms with Crippen LogP contribution in [-0.2, 0) is 11.3 Å². The molecule has 20 heavy (non-hydrogen) atoms. The molecule has 2 rings (SSSR count). The molecule has 0 unspecified atom stereocenters. The van der Waals surface area contributed by atoms with Crippen molar-refractivity contribution in [2.45, 2.75) is 58.5 Å². The van der Waals surface area contributed by atoms with Crippen molar-refractivity contribution < 1.29 is 9.53 Å². The molecular formula is C14H24N4O2. The molecule has 1 fully saturated rings. The molecule has 0 aromatic carbocycles. The summed E-state index contributed by atoms with van der Waals surface area (Å²) in [7, 11) is 0. The molecule has 1 heterocycles. The molecule has 0 spiro atoms. The Bertz CT molecular complexity index is 450. The van der Waals surface area contributed by atoms with Crippen LogP contribution in [0.5, 0.6) is 0 Å². The minimum absolute atomic E-state index is 0.259. The smallest absolute Gasteiger partial charge is 0.360 e. The van der Waals surface area contributed by atoms with Crippen molar-refractivity contribution >= 4 is 5.97 Å². The van der Waals surface area contributed by atoms with Gasteiger partial charge in [0.05, 0.1) is 18.3 Å². The molecule has 6 heteroatoms. The molecule has 1 aliphatic rings. The molecule has 6 nitrogen and oxygen atoms in total. The number of rotatable bonds is 5. The largest absolute Gasteiger partial charge is 0.461 e. The zero-order valence-corrected chi connectivity index (χ0v) is 12.3. The van der Waals surface area contributed by atoms with E-state index < -0.39 is 5.97 Å². The molecule has 0 amide bonds. The molecule has 1 aliphatic carbocycles. The maximum Gasteiger partial charge on any atom is 0.360 e. The predicted molar refractivity (Wildman–Crippen MR) is 75.2 cm³/mol. The van der Waals surface area contributed by atoms with Crippen LogP contribution in [0, 0.1) is 5.92 Å². The lowest BCUT2D eigenvalue weighted by Crippen LogP contribution is -2.22. The quantitative estimate of drug-likeness (QED) is 0.835. The van der Waals surface area contributed by atoms with Gasteiger partial charge in [0.25, 0.3) is 0 Å². The Morgan fingerprint density at radius 3 is 2.60 bits per heavy atom. The molecule has 0 aliphatic heterocycles. The first-order chi connectivity index (χ1) is 9.71. The summed E-state index contributed by atoms with van der Waals surface area (Å²) in [5.41, 5.74) is 6.75. The second-order valence-corrected chi connectivity index (χ2v) is 5.34. The standard InChI is InChI=1S/C14H24N4O2/c1-3-10-5-7-11(8-6-10)18-12(9-15)13(16-17-18)14(19)20-4-2/h10-11H,3-9,15H2,1-2H3. The van der Waals surface area contributed by atoms with Crippen LogP contribution >= 0.6 is 0 Å². The summed E-state index contributed by atoms with van der Waals surface area (Å²) >= 11 is 0. The Hall–Kier alpha value is -1.43. The Morgan fingerprint density at radius 2 is 2.05 bits per heavy atom. The summed E-state index contributed by atoms with van der Waals surface area (Å²) in [5.74, 6) is 0.391. The van der Waals surface area contributed by atoms with Gasteiger partial charge >= 0.3 is 5.97 Å². The van der Waals surface area contributed by atoms with Crippen LogP contribution in [0.15, 0.2) is 0 Å². The van der Waals surface area contributed by atoms with Gasteiger partial charge in [0.2, 0.25) is 0 Å². The van der Waals surface area contributed by atoms with Gasteiger partial charge in [-0.3, -0.25) is 0 Å². The van der Waals surface area contributed by atoms with E-state index in [9.17, 15) is 4.79 Å². The number of ether oxygens (including phenoxy) is 1. The van der Waals surface area contributed by atoms with Crippen LogP contribution < -0.4 is 5.73 Å². The van der Waals surface area contributed by atoms with E-state index in [4.69, 9.17) is 10.5 Å². The highest BCUT2D eigenvalue weighted by Crippen LogP contribution is 2.34. The van der Waals surface area contributed by atoms with E-state index in [1.807, 2.05) is 4.68 Å². The first-order valence-corrected chi connectivity index (χ1v) is 7.52. The van der Waals surface area contributed by atoms with Gasteiger partial charge in [-0.15, -0.1) is 5.10 Å². The van der Waals surface area contributed by atoms with Gasteiger partial charge in [0.15, 0.2) is 5.69 Å². The second-order valence-electron chi connectivity index (χ2n) is 5.34. The molecule has 0 saturated heterocycles. The number of aromatic nitrogens is 3. The molecule has 1 saturated carbocycles. The SMILES string of the molecule is CCOC(=O)c1nnn(C2CCC(CC)CC2)c1CN. The van der Waals surface area contributed by atoms with Crippen molar-refractivity contribution in [3.05, 3.63) is 11.4 Å². The first-order valence-electron chi connectivity index (χ1n) is 7.52. The third kappa shape index (κ3) is 3.00. The highest BCUT2D eigenvalue weighted by atomic mass is 16.5. The minimum Gasteiger partial charge on any atom is -0.461 e. The van der Waals surface area contributed by atoms with Gasteiger partial charge < -0.3 is 10.5 Å². The van der Waals surface area contributed by atoms with Gasteiger partial charge in [-0.1, -0.05) is 18.6 Å². The average Bonchev–Trinajstić information content (AvgIpc) is 2.91. The maximum atomic E-state index is 11.8. The highest BCUT2D eigenvalue weighted by Gasteiger charge is 2.27. The lowest BCUT2D eigenvalue weighted by atomic mass is 9.84. The number of nitrogens with zero attached hydrogens (tertiary/aromatic N) is 3. The fourth-order valence-electron chi connectivity index (χ4n) is 2.95. The molecule has 0 radical (unpaired) electrons. The molecule has 0 bridgehead atoms. The Balaban J connectivity index is 2.14. The first kappa shape index (κ1) is 15.0. The van der Waals surface area contributed by atoms with E-state index in [1.54, 1.807) is 6.92 Å². The van der Waals surface area contributed by atoms with E-state index in [-0.39, 0.29) is 12.2 Å². The Labute approximate surface area is 119 Å². The lowest BCUT2D eigenvalue weighted by Gasteiger charge is -2.28. The molecule has 1 aromatic heterocycles. The Morgan fingerprint density at radius 1 is 1.35 bits per heavy atom. The van der Waals surface area contributed by atoms with E-state index in [1.165, 1.54) is 19.3 Å². The summed E-state index contributed by atoms with van der Waals surface area (Å²) in [6.45, 7) is 4.60. The molecular weight excluding hydrogens is 256 g/mol. The number of carbonyl (C=O) groups is 1. The van der Waals surface area contributed by atoms with Crippen molar-refractivity contribution in [3.8, 4) is 0 Å². The van der Waals surface area contributed by atoms with Crippen molar-refractivity contribution in [3.63, 3.8) is 0 Å². The number of hydrogen-bond donors (Lipinski definition) is 1. The predicted octanol–water partition coefficient (Wildman–Crippen LogP) is 2.05. The van der Waals surface area contributed by atoms with Gasteiger partial charge in [0.1, 0.15) is 0 Å². The summed E-state index contributed by atoms with van der Waals surface area (Å²) in [5, 5.41) is 8.13. The summed E-state index contributed by atoms with van der Waals surface area (Å²) in [6.07, 6.45) is 5.82. The van der Waals surface area contributed by atoms with Crippen LogP contribution in [0.1, 0.15) is 68.2 Å². The second kappa shape index (κ2) is 6.83. The maximum absolute atomic E-state index is 11.8. The van der Waals surface area contributed by atoms with Gasteiger partial charge in [-0.25, -0.2) is 9.48 Å². The van der Waals surface area contributed by atoms with Crippen LogP contribution in [-0.4, -0.2) is 27.6 Å². The number of esters is 1. The highest BCUT2D eigenvalue weighted by molar-refractivity contribution is 5.88. The van der Waals surface area contributed by atoms with E-state index >= 15 is 0 Å². The number of nitrogens with two attached hydrogens (primary N) is 1. The lowest BCUT2D eigenvalue weighted by molar-refractivity contribution is 0.0518. The third-order valence-corrected chi connectivity index (χ3v) is 4.19. The minimum atomic E-state index is -0.429. The topological polar surface area (TPSA) is 83.0 Å². The fourth-order valence-corrected chi connectivity index (χ4v) is 2.95. The summed E-state index contributed by atoms with van der Waals surface area (Å²) in [4.78, 5) is 11.8. The average molecular weight is 280 g/mol. The zero-order valence-electron chi connectivity index (χ0n) is 12.3. The van der Waals surface area contributed by atoms with E-state index in [2.05, 4.69) is 17.2 Å². The van der Waals surface area contributed by atoms with Crippen molar-refractivity contribution in [2.24, 2.45) is 11.7 Å². The van der Waals surface area contributed by atoms with Crippen LogP contribution in [0.25, 0.3) is 0 Å². The van der Waals surface area contributed by atoms with Crippen LogP contribution in [0.2, 0.25) is 0 Å². The van der Waals surface area contributed by atoms with Crippen LogP contribution in [0.4, 0.5) is 0 Å². The molecule has 112 valence electrons. The van der Waals surface area contributed by atoms with Crippen molar-refractivity contribution in [2.75, 3.05) is 6.61 Å². The summed E-state index contributed by atoms with van der Waals surface area (Å²) < 4.78 is 6.84.